The smallest absolute Gasteiger partial charge is 0.159 e. The third-order valence-corrected chi connectivity index (χ3v) is 3.51. The van der Waals surface area contributed by atoms with E-state index in [1.165, 1.54) is 0 Å². The van der Waals surface area contributed by atoms with Gasteiger partial charge >= 0.3 is 0 Å². The van der Waals surface area contributed by atoms with E-state index in [0.717, 1.165) is 12.2 Å². The maximum atomic E-state index is 11.4. The van der Waals surface area contributed by atoms with E-state index in [-0.39, 0.29) is 23.1 Å². The molecule has 0 aromatic heterocycles. The fourth-order valence-electron chi connectivity index (χ4n) is 2.65. The third kappa shape index (κ3) is 3.16. The summed E-state index contributed by atoms with van der Waals surface area (Å²) < 4.78 is 12.0. The number of hydrogen-bond acceptors (Lipinski definition) is 3. The average molecular weight is 262 g/mol. The molecule has 0 saturated carbocycles. The van der Waals surface area contributed by atoms with Crippen LogP contribution in [0.25, 0.3) is 0 Å². The van der Waals surface area contributed by atoms with E-state index in [1.807, 2.05) is 26.0 Å². The topological polar surface area (TPSA) is 35.5 Å². The van der Waals surface area contributed by atoms with Crippen molar-refractivity contribution in [1.82, 2.24) is 0 Å². The van der Waals surface area contributed by atoms with Gasteiger partial charge < -0.3 is 9.47 Å². The van der Waals surface area contributed by atoms with Gasteiger partial charge in [-0.2, -0.15) is 0 Å². The SMILES string of the molecule is CC(=O)c1cccc(OC2CC(C)(C)OC2(C)C)c1. The van der Waals surface area contributed by atoms with E-state index in [1.54, 1.807) is 19.1 Å². The summed E-state index contributed by atoms with van der Waals surface area (Å²) >= 11 is 0. The van der Waals surface area contributed by atoms with E-state index >= 15 is 0 Å². The molecule has 1 aliphatic rings. The van der Waals surface area contributed by atoms with Crippen molar-refractivity contribution in [2.24, 2.45) is 0 Å². The maximum absolute atomic E-state index is 11.4. The van der Waals surface area contributed by atoms with Crippen LogP contribution in [0, 0.1) is 0 Å². The van der Waals surface area contributed by atoms with Crippen LogP contribution in [0.5, 0.6) is 5.75 Å². The van der Waals surface area contributed by atoms with Crippen molar-refractivity contribution in [3.8, 4) is 5.75 Å². The highest BCUT2D eigenvalue weighted by Crippen LogP contribution is 2.39. The highest BCUT2D eigenvalue weighted by atomic mass is 16.6. The summed E-state index contributed by atoms with van der Waals surface area (Å²) in [6.07, 6.45) is 0.828. The van der Waals surface area contributed by atoms with Crippen molar-refractivity contribution in [2.75, 3.05) is 0 Å². The first kappa shape index (κ1) is 14.1. The fourth-order valence-corrected chi connectivity index (χ4v) is 2.65. The monoisotopic (exact) mass is 262 g/mol. The molecule has 0 bridgehead atoms. The molecular weight excluding hydrogens is 240 g/mol. The Bertz CT molecular complexity index is 489. The highest BCUT2D eigenvalue weighted by molar-refractivity contribution is 5.94. The van der Waals surface area contributed by atoms with E-state index in [9.17, 15) is 4.79 Å². The molecule has 0 amide bonds. The molecule has 0 radical (unpaired) electrons. The second kappa shape index (κ2) is 4.64. The molecule has 1 fully saturated rings. The van der Waals surface area contributed by atoms with Crippen LogP contribution in [-0.4, -0.2) is 23.1 Å². The summed E-state index contributed by atoms with van der Waals surface area (Å²) in [6, 6.07) is 7.33. The Morgan fingerprint density at radius 2 is 2.00 bits per heavy atom. The molecule has 1 aromatic carbocycles. The number of rotatable bonds is 3. The van der Waals surface area contributed by atoms with Crippen molar-refractivity contribution >= 4 is 5.78 Å². The number of Topliss-reactive ketones (excluding diaryl/α,β-unsaturated/α-hetero) is 1. The summed E-state index contributed by atoms with van der Waals surface area (Å²) in [6.45, 7) is 9.79. The van der Waals surface area contributed by atoms with E-state index in [0.29, 0.717) is 5.56 Å². The molecule has 0 spiro atoms. The van der Waals surface area contributed by atoms with Gasteiger partial charge in [-0.25, -0.2) is 0 Å². The molecule has 1 aromatic rings. The Kier molecular flexibility index (Phi) is 3.43. The van der Waals surface area contributed by atoms with Gasteiger partial charge in [-0.1, -0.05) is 12.1 Å². The minimum atomic E-state index is -0.324. The largest absolute Gasteiger partial charge is 0.487 e. The van der Waals surface area contributed by atoms with Crippen LogP contribution in [0.4, 0.5) is 0 Å². The van der Waals surface area contributed by atoms with Crippen molar-refractivity contribution in [2.45, 2.75) is 58.3 Å². The Balaban J connectivity index is 2.17. The zero-order valence-electron chi connectivity index (χ0n) is 12.3. The number of carbonyl (C=O) groups excluding carboxylic acids is 1. The predicted octanol–water partition coefficient (Wildman–Crippen LogP) is 3.61. The lowest BCUT2D eigenvalue weighted by atomic mass is 9.97. The van der Waals surface area contributed by atoms with Crippen LogP contribution in [0.15, 0.2) is 24.3 Å². The van der Waals surface area contributed by atoms with Crippen LogP contribution in [0.3, 0.4) is 0 Å². The van der Waals surface area contributed by atoms with Gasteiger partial charge in [0.25, 0.3) is 0 Å². The second-order valence-corrected chi connectivity index (χ2v) is 6.36. The molecular formula is C16H22O3. The van der Waals surface area contributed by atoms with Crippen molar-refractivity contribution in [1.29, 1.82) is 0 Å². The van der Waals surface area contributed by atoms with Gasteiger partial charge in [0, 0.05) is 12.0 Å². The number of benzene rings is 1. The van der Waals surface area contributed by atoms with Gasteiger partial charge in [0.2, 0.25) is 0 Å². The zero-order chi connectivity index (χ0) is 14.3. The minimum absolute atomic E-state index is 0.00953. The molecule has 0 N–H and O–H groups in total. The third-order valence-electron chi connectivity index (χ3n) is 3.51. The first-order valence-electron chi connectivity index (χ1n) is 6.67. The molecule has 1 unspecified atom stereocenters. The van der Waals surface area contributed by atoms with Gasteiger partial charge in [0.1, 0.15) is 17.5 Å². The van der Waals surface area contributed by atoms with Gasteiger partial charge in [-0.15, -0.1) is 0 Å². The van der Waals surface area contributed by atoms with E-state index < -0.39 is 0 Å². The zero-order valence-corrected chi connectivity index (χ0v) is 12.3. The lowest BCUT2D eigenvalue weighted by Crippen LogP contribution is -2.36. The Labute approximate surface area is 114 Å². The second-order valence-electron chi connectivity index (χ2n) is 6.36. The Morgan fingerprint density at radius 1 is 1.32 bits per heavy atom. The van der Waals surface area contributed by atoms with Crippen LogP contribution in [0.1, 0.15) is 51.4 Å². The normalized spacial score (nSPS) is 24.2. The molecule has 104 valence electrons. The standard InChI is InChI=1S/C16H22O3/c1-11(17)12-7-6-8-13(9-12)18-14-10-15(2,3)19-16(14,4)5/h6-9,14H,10H2,1-5H3. The van der Waals surface area contributed by atoms with Crippen LogP contribution in [-0.2, 0) is 4.74 Å². The fraction of sp³-hybridized carbons (Fsp3) is 0.562. The predicted molar refractivity (Wildman–Crippen MR) is 74.7 cm³/mol. The Morgan fingerprint density at radius 3 is 2.53 bits per heavy atom. The lowest BCUT2D eigenvalue weighted by molar-refractivity contribution is -0.0846. The number of ketones is 1. The lowest BCUT2D eigenvalue weighted by Gasteiger charge is -2.27. The highest BCUT2D eigenvalue weighted by Gasteiger charge is 2.47. The van der Waals surface area contributed by atoms with Gasteiger partial charge in [0.15, 0.2) is 5.78 Å². The van der Waals surface area contributed by atoms with Crippen LogP contribution >= 0.6 is 0 Å². The summed E-state index contributed by atoms with van der Waals surface area (Å²) in [7, 11) is 0. The molecule has 3 heteroatoms. The quantitative estimate of drug-likeness (QED) is 0.780. The summed E-state index contributed by atoms with van der Waals surface area (Å²) in [5.41, 5.74) is 0.177. The van der Waals surface area contributed by atoms with E-state index in [4.69, 9.17) is 9.47 Å². The molecule has 0 aliphatic carbocycles. The molecule has 2 rings (SSSR count). The molecule has 1 atom stereocenters. The molecule has 1 aliphatic heterocycles. The van der Waals surface area contributed by atoms with Crippen molar-refractivity contribution < 1.29 is 14.3 Å². The van der Waals surface area contributed by atoms with Crippen LogP contribution in [0.2, 0.25) is 0 Å². The van der Waals surface area contributed by atoms with Crippen molar-refractivity contribution in [3.63, 3.8) is 0 Å². The average Bonchev–Trinajstić information content (AvgIpc) is 2.47. The van der Waals surface area contributed by atoms with Crippen molar-refractivity contribution in [3.05, 3.63) is 29.8 Å². The first-order valence-corrected chi connectivity index (χ1v) is 6.67. The minimum Gasteiger partial charge on any atom is -0.487 e. The van der Waals surface area contributed by atoms with Gasteiger partial charge in [0.05, 0.1) is 5.60 Å². The van der Waals surface area contributed by atoms with Gasteiger partial charge in [-0.3, -0.25) is 4.79 Å². The Hall–Kier alpha value is -1.35. The number of carbonyl (C=O) groups is 1. The molecule has 1 saturated heterocycles. The summed E-state index contributed by atoms with van der Waals surface area (Å²) in [4.78, 5) is 11.4. The number of hydrogen-bond donors (Lipinski definition) is 0. The molecule has 19 heavy (non-hydrogen) atoms. The summed E-state index contributed by atoms with van der Waals surface area (Å²) in [5, 5.41) is 0. The molecule has 3 nitrogen and oxygen atoms in total. The number of ether oxygens (including phenoxy) is 2. The van der Waals surface area contributed by atoms with Crippen LogP contribution < -0.4 is 4.74 Å². The first-order chi connectivity index (χ1) is 8.70. The maximum Gasteiger partial charge on any atom is 0.159 e. The molecule has 1 heterocycles. The summed E-state index contributed by atoms with van der Waals surface area (Å²) in [5.74, 6) is 0.778. The van der Waals surface area contributed by atoms with Gasteiger partial charge in [-0.05, 0) is 46.8 Å². The van der Waals surface area contributed by atoms with E-state index in [2.05, 4.69) is 13.8 Å².